The molecule has 0 aromatic heterocycles. The van der Waals surface area contributed by atoms with E-state index >= 15 is 0 Å². The van der Waals surface area contributed by atoms with E-state index < -0.39 is 0 Å². The molecule has 4 heteroatoms. The molecule has 0 bridgehead atoms. The molecule has 2 amide bonds. The van der Waals surface area contributed by atoms with Crippen molar-refractivity contribution in [2.75, 3.05) is 26.2 Å². The number of carbonyl (C=O) groups excluding carboxylic acids is 2. The van der Waals surface area contributed by atoms with Crippen LogP contribution in [0.5, 0.6) is 0 Å². The van der Waals surface area contributed by atoms with Gasteiger partial charge in [0.1, 0.15) is 0 Å². The van der Waals surface area contributed by atoms with E-state index in [1.807, 2.05) is 13.8 Å². The van der Waals surface area contributed by atoms with Crippen molar-refractivity contribution in [3.63, 3.8) is 0 Å². The van der Waals surface area contributed by atoms with Crippen LogP contribution in [0.25, 0.3) is 0 Å². The van der Waals surface area contributed by atoms with Gasteiger partial charge in [-0.2, -0.15) is 0 Å². The monoisotopic (exact) mass is 266 g/mol. The van der Waals surface area contributed by atoms with E-state index in [0.717, 1.165) is 6.42 Å². The van der Waals surface area contributed by atoms with Gasteiger partial charge < -0.3 is 9.80 Å². The lowest BCUT2D eigenvalue weighted by molar-refractivity contribution is -0.127. The summed E-state index contributed by atoms with van der Waals surface area (Å²) >= 11 is 0. The molecule has 0 fully saturated rings. The van der Waals surface area contributed by atoms with Gasteiger partial charge in [-0.15, -0.1) is 0 Å². The van der Waals surface area contributed by atoms with Crippen molar-refractivity contribution in [3.05, 3.63) is 24.3 Å². The molecule has 0 unspecified atom stereocenters. The molecule has 0 atom stereocenters. The maximum atomic E-state index is 11.8. The van der Waals surface area contributed by atoms with Gasteiger partial charge in [0.15, 0.2) is 0 Å². The molecular weight excluding hydrogens is 240 g/mol. The first-order valence-corrected chi connectivity index (χ1v) is 6.74. The molecule has 0 aromatic rings. The number of hydrogen-bond donors (Lipinski definition) is 0. The van der Waals surface area contributed by atoms with Crippen LogP contribution in [0.15, 0.2) is 24.3 Å². The van der Waals surface area contributed by atoms with Gasteiger partial charge >= 0.3 is 0 Å². The van der Waals surface area contributed by atoms with Gasteiger partial charge in [-0.3, -0.25) is 9.59 Å². The fraction of sp³-hybridized carbons (Fsp3) is 0.600. The third kappa shape index (κ3) is 5.73. The number of rotatable bonds is 8. The van der Waals surface area contributed by atoms with Crippen LogP contribution in [-0.2, 0) is 9.59 Å². The van der Waals surface area contributed by atoms with Gasteiger partial charge in [-0.05, 0) is 34.1 Å². The Bertz CT molecular complexity index is 327. The van der Waals surface area contributed by atoms with E-state index in [1.165, 1.54) is 0 Å². The number of carbonyl (C=O) groups is 2. The first kappa shape index (κ1) is 17.4. The Morgan fingerprint density at radius 3 is 1.37 bits per heavy atom. The maximum absolute atomic E-state index is 11.8. The topological polar surface area (TPSA) is 40.6 Å². The van der Waals surface area contributed by atoms with Crippen molar-refractivity contribution < 1.29 is 9.59 Å². The molecule has 0 aromatic carbocycles. The van der Waals surface area contributed by atoms with Crippen molar-refractivity contribution in [3.8, 4) is 0 Å². The molecule has 0 saturated carbocycles. The lowest BCUT2D eigenvalue weighted by Crippen LogP contribution is -2.36. The zero-order chi connectivity index (χ0) is 15.0. The lowest BCUT2D eigenvalue weighted by Gasteiger charge is -2.24. The molecule has 0 heterocycles. The Kier molecular flexibility index (Phi) is 7.80. The minimum atomic E-state index is -0.0169. The van der Waals surface area contributed by atoms with Gasteiger partial charge in [0, 0.05) is 37.3 Å². The van der Waals surface area contributed by atoms with Gasteiger partial charge in [-0.1, -0.05) is 13.2 Å². The quantitative estimate of drug-likeness (QED) is 0.632. The van der Waals surface area contributed by atoms with Crippen molar-refractivity contribution in [2.45, 2.75) is 34.1 Å². The third-order valence-electron chi connectivity index (χ3n) is 2.92. The largest absolute Gasteiger partial charge is 0.339 e. The third-order valence-corrected chi connectivity index (χ3v) is 2.92. The van der Waals surface area contributed by atoms with Crippen LogP contribution in [0.4, 0.5) is 0 Å². The Morgan fingerprint density at radius 2 is 1.16 bits per heavy atom. The predicted octanol–water partition coefficient (Wildman–Crippen LogP) is 2.23. The van der Waals surface area contributed by atoms with E-state index in [2.05, 4.69) is 13.2 Å². The number of hydrogen-bond acceptors (Lipinski definition) is 2. The van der Waals surface area contributed by atoms with Crippen LogP contribution in [0.1, 0.15) is 34.1 Å². The van der Waals surface area contributed by atoms with Crippen LogP contribution >= 0.6 is 0 Å². The Hall–Kier alpha value is -1.58. The molecule has 108 valence electrons. The van der Waals surface area contributed by atoms with Gasteiger partial charge in [0.25, 0.3) is 0 Å². The Morgan fingerprint density at radius 1 is 0.842 bits per heavy atom. The number of amides is 2. The van der Waals surface area contributed by atoms with Crippen LogP contribution in [0.2, 0.25) is 0 Å². The second-order valence-corrected chi connectivity index (χ2v) is 4.68. The SMILES string of the molecule is C=C(C)C(=O)N(CC)CCCN(CC)C(=O)C(=C)C. The fourth-order valence-electron chi connectivity index (χ4n) is 1.80. The van der Waals surface area contributed by atoms with E-state index in [1.54, 1.807) is 23.6 Å². The van der Waals surface area contributed by atoms with Gasteiger partial charge in [0.2, 0.25) is 11.8 Å². The molecule has 0 aliphatic carbocycles. The van der Waals surface area contributed by atoms with E-state index in [0.29, 0.717) is 37.3 Å². The minimum Gasteiger partial charge on any atom is -0.339 e. The number of likely N-dealkylation sites (N-methyl/N-ethyl adjacent to an activating group) is 2. The van der Waals surface area contributed by atoms with E-state index in [9.17, 15) is 9.59 Å². The van der Waals surface area contributed by atoms with Crippen molar-refractivity contribution in [2.24, 2.45) is 0 Å². The average Bonchev–Trinajstić information content (AvgIpc) is 2.37. The highest BCUT2D eigenvalue weighted by molar-refractivity contribution is 5.92. The first-order chi connectivity index (χ1) is 8.84. The molecule has 0 aliphatic heterocycles. The summed E-state index contributed by atoms with van der Waals surface area (Å²) in [6.07, 6.45) is 0.764. The van der Waals surface area contributed by atoms with E-state index in [4.69, 9.17) is 0 Å². The fourth-order valence-corrected chi connectivity index (χ4v) is 1.80. The second kappa shape index (κ2) is 8.51. The zero-order valence-corrected chi connectivity index (χ0v) is 12.7. The van der Waals surface area contributed by atoms with Crippen molar-refractivity contribution in [1.82, 2.24) is 9.80 Å². The Balaban J connectivity index is 4.32. The molecule has 0 spiro atoms. The van der Waals surface area contributed by atoms with Gasteiger partial charge in [-0.25, -0.2) is 0 Å². The molecular formula is C15H26N2O2. The highest BCUT2D eigenvalue weighted by atomic mass is 16.2. The van der Waals surface area contributed by atoms with Crippen LogP contribution in [-0.4, -0.2) is 47.8 Å². The highest BCUT2D eigenvalue weighted by Crippen LogP contribution is 2.03. The molecule has 0 N–H and O–H groups in total. The summed E-state index contributed by atoms with van der Waals surface area (Å²) in [5, 5.41) is 0. The molecule has 4 nitrogen and oxygen atoms in total. The van der Waals surface area contributed by atoms with Gasteiger partial charge in [0.05, 0.1) is 0 Å². The second-order valence-electron chi connectivity index (χ2n) is 4.68. The van der Waals surface area contributed by atoms with Crippen molar-refractivity contribution in [1.29, 1.82) is 0 Å². The van der Waals surface area contributed by atoms with Crippen LogP contribution in [0.3, 0.4) is 0 Å². The summed E-state index contributed by atoms with van der Waals surface area (Å²) < 4.78 is 0. The first-order valence-electron chi connectivity index (χ1n) is 6.74. The molecule has 19 heavy (non-hydrogen) atoms. The summed E-state index contributed by atoms with van der Waals surface area (Å²) in [6, 6.07) is 0. The van der Waals surface area contributed by atoms with E-state index in [-0.39, 0.29) is 11.8 Å². The van der Waals surface area contributed by atoms with Crippen LogP contribution in [0, 0.1) is 0 Å². The smallest absolute Gasteiger partial charge is 0.248 e. The predicted molar refractivity (Wildman–Crippen MR) is 78.8 cm³/mol. The molecule has 0 radical (unpaired) electrons. The summed E-state index contributed by atoms with van der Waals surface area (Å²) in [4.78, 5) is 27.1. The highest BCUT2D eigenvalue weighted by Gasteiger charge is 2.14. The summed E-state index contributed by atoms with van der Waals surface area (Å²) in [7, 11) is 0. The summed E-state index contributed by atoms with van der Waals surface area (Å²) in [5.41, 5.74) is 1.10. The standard InChI is InChI=1S/C15H26N2O2/c1-7-16(14(18)12(3)4)10-9-11-17(8-2)15(19)13(5)6/h3,5,7-11H2,1-2,4,6H3. The average molecular weight is 266 g/mol. The normalized spacial score (nSPS) is 9.89. The maximum Gasteiger partial charge on any atom is 0.248 e. The number of nitrogens with zero attached hydrogens (tertiary/aromatic N) is 2. The van der Waals surface area contributed by atoms with Crippen molar-refractivity contribution >= 4 is 11.8 Å². The molecule has 0 saturated heterocycles. The lowest BCUT2D eigenvalue weighted by atomic mass is 10.2. The Labute approximate surface area is 116 Å². The molecule has 0 rings (SSSR count). The molecule has 0 aliphatic rings. The summed E-state index contributed by atoms with van der Waals surface area (Å²) in [5.74, 6) is -0.0337. The summed E-state index contributed by atoms with van der Waals surface area (Å²) in [6.45, 7) is 17.3. The zero-order valence-electron chi connectivity index (χ0n) is 12.7. The van der Waals surface area contributed by atoms with Crippen LogP contribution < -0.4 is 0 Å². The minimum absolute atomic E-state index is 0.0169.